The van der Waals surface area contributed by atoms with Gasteiger partial charge >= 0.3 is 0 Å². The largest absolute Gasteiger partial charge is 0.381 e. The molecule has 0 radical (unpaired) electrons. The van der Waals surface area contributed by atoms with Crippen LogP contribution in [0.15, 0.2) is 0 Å². The Morgan fingerprint density at radius 2 is 1.79 bits per heavy atom. The summed E-state index contributed by atoms with van der Waals surface area (Å²) >= 11 is 0. The van der Waals surface area contributed by atoms with Crippen LogP contribution in [0.5, 0.6) is 0 Å². The Kier molecular flexibility index (Phi) is 4.81. The fourth-order valence-corrected chi connectivity index (χ4v) is 2.91. The number of nitrogens with two attached hydrogens (primary N) is 1. The van der Waals surface area contributed by atoms with Crippen molar-refractivity contribution >= 4 is 5.91 Å². The molecule has 110 valence electrons. The molecule has 0 aromatic rings. The van der Waals surface area contributed by atoms with E-state index in [2.05, 4.69) is 18.7 Å². The molecule has 2 aliphatic heterocycles. The summed E-state index contributed by atoms with van der Waals surface area (Å²) in [6.45, 7) is 10.3. The number of ether oxygens (including phenoxy) is 1. The molecule has 5 heteroatoms. The van der Waals surface area contributed by atoms with Crippen LogP contribution in [0.25, 0.3) is 0 Å². The Bertz CT molecular complexity index is 306. The summed E-state index contributed by atoms with van der Waals surface area (Å²) in [5.74, 6) is 0.804. The lowest BCUT2D eigenvalue weighted by atomic mass is 9.89. The Balaban J connectivity index is 1.85. The van der Waals surface area contributed by atoms with Crippen LogP contribution < -0.4 is 5.73 Å². The van der Waals surface area contributed by atoms with E-state index in [0.29, 0.717) is 32.0 Å². The fourth-order valence-electron chi connectivity index (χ4n) is 2.91. The molecule has 5 nitrogen and oxygen atoms in total. The van der Waals surface area contributed by atoms with Gasteiger partial charge in [-0.1, -0.05) is 13.8 Å². The van der Waals surface area contributed by atoms with E-state index in [1.54, 1.807) is 0 Å². The third kappa shape index (κ3) is 3.68. The van der Waals surface area contributed by atoms with Crippen LogP contribution in [-0.2, 0) is 9.53 Å². The molecule has 2 fully saturated rings. The van der Waals surface area contributed by atoms with E-state index in [-0.39, 0.29) is 5.91 Å². The molecule has 2 heterocycles. The highest BCUT2D eigenvalue weighted by Gasteiger charge is 2.39. The van der Waals surface area contributed by atoms with Crippen LogP contribution in [0.1, 0.15) is 26.7 Å². The maximum absolute atomic E-state index is 12.5. The van der Waals surface area contributed by atoms with Crippen molar-refractivity contribution in [3.63, 3.8) is 0 Å². The predicted molar refractivity (Wildman–Crippen MR) is 74.8 cm³/mol. The van der Waals surface area contributed by atoms with E-state index in [1.165, 1.54) is 0 Å². The first kappa shape index (κ1) is 14.8. The van der Waals surface area contributed by atoms with E-state index < -0.39 is 5.54 Å². The predicted octanol–water partition coefficient (Wildman–Crippen LogP) is 0.295. The summed E-state index contributed by atoms with van der Waals surface area (Å²) in [7, 11) is 0. The second-order valence-corrected chi connectivity index (χ2v) is 6.26. The summed E-state index contributed by atoms with van der Waals surface area (Å²) in [6, 6.07) is 0. The second kappa shape index (κ2) is 6.20. The van der Waals surface area contributed by atoms with Gasteiger partial charge in [-0.05, 0) is 18.8 Å². The highest BCUT2D eigenvalue weighted by Crippen LogP contribution is 2.21. The molecular formula is C14H27N3O2. The van der Waals surface area contributed by atoms with Crippen LogP contribution >= 0.6 is 0 Å². The molecule has 1 amide bonds. The SMILES string of the molecule is CC(C)CN1CCN(C(=O)C2(N)CCOCC2)CC1. The third-order valence-electron chi connectivity index (χ3n) is 4.09. The number of hydrogen-bond donors (Lipinski definition) is 1. The smallest absolute Gasteiger partial charge is 0.242 e. The number of carbonyl (C=O) groups excluding carboxylic acids is 1. The first-order valence-electron chi connectivity index (χ1n) is 7.39. The summed E-state index contributed by atoms with van der Waals surface area (Å²) in [5, 5.41) is 0. The van der Waals surface area contributed by atoms with Gasteiger partial charge in [0.25, 0.3) is 0 Å². The van der Waals surface area contributed by atoms with Crippen molar-refractivity contribution in [2.24, 2.45) is 11.7 Å². The highest BCUT2D eigenvalue weighted by molar-refractivity contribution is 5.86. The van der Waals surface area contributed by atoms with Gasteiger partial charge in [-0.2, -0.15) is 0 Å². The molecule has 0 atom stereocenters. The van der Waals surface area contributed by atoms with Crippen LogP contribution in [0.3, 0.4) is 0 Å². The first-order chi connectivity index (χ1) is 9.01. The normalized spacial score (nSPS) is 24.7. The van der Waals surface area contributed by atoms with Gasteiger partial charge in [0.05, 0.1) is 5.54 Å². The van der Waals surface area contributed by atoms with Crippen LogP contribution in [-0.4, -0.2) is 67.2 Å². The number of piperazine rings is 1. The summed E-state index contributed by atoms with van der Waals surface area (Å²) < 4.78 is 5.30. The maximum atomic E-state index is 12.5. The minimum absolute atomic E-state index is 0.125. The highest BCUT2D eigenvalue weighted by atomic mass is 16.5. The molecule has 0 bridgehead atoms. The van der Waals surface area contributed by atoms with E-state index >= 15 is 0 Å². The zero-order valence-corrected chi connectivity index (χ0v) is 12.2. The van der Waals surface area contributed by atoms with E-state index in [4.69, 9.17) is 10.5 Å². The maximum Gasteiger partial charge on any atom is 0.242 e. The minimum Gasteiger partial charge on any atom is -0.381 e. The Hall–Kier alpha value is -0.650. The molecule has 0 aromatic heterocycles. The average Bonchev–Trinajstić information content (AvgIpc) is 2.39. The molecule has 2 aliphatic rings. The molecule has 2 N–H and O–H groups in total. The van der Waals surface area contributed by atoms with Crippen molar-refractivity contribution in [1.29, 1.82) is 0 Å². The topological polar surface area (TPSA) is 58.8 Å². The third-order valence-corrected chi connectivity index (χ3v) is 4.09. The lowest BCUT2D eigenvalue weighted by Crippen LogP contribution is -2.61. The minimum atomic E-state index is -0.682. The summed E-state index contributed by atoms with van der Waals surface area (Å²) in [5.41, 5.74) is 5.58. The number of amides is 1. The van der Waals surface area contributed by atoms with Gasteiger partial charge in [-0.3, -0.25) is 9.69 Å². The number of nitrogens with zero attached hydrogens (tertiary/aromatic N) is 2. The Morgan fingerprint density at radius 1 is 1.21 bits per heavy atom. The van der Waals surface area contributed by atoms with Crippen molar-refractivity contribution in [1.82, 2.24) is 9.80 Å². The van der Waals surface area contributed by atoms with Crippen molar-refractivity contribution in [3.8, 4) is 0 Å². The standard InChI is InChI=1S/C14H27N3O2/c1-12(2)11-16-5-7-17(8-6-16)13(18)14(15)3-9-19-10-4-14/h12H,3-11,15H2,1-2H3. The van der Waals surface area contributed by atoms with E-state index in [9.17, 15) is 4.79 Å². The molecule has 0 spiro atoms. The summed E-state index contributed by atoms with van der Waals surface area (Å²) in [4.78, 5) is 16.9. The Labute approximate surface area is 116 Å². The first-order valence-corrected chi connectivity index (χ1v) is 7.39. The molecule has 0 aromatic carbocycles. The average molecular weight is 269 g/mol. The quantitative estimate of drug-likeness (QED) is 0.800. The van der Waals surface area contributed by atoms with Crippen molar-refractivity contribution < 1.29 is 9.53 Å². The fraction of sp³-hybridized carbons (Fsp3) is 0.929. The second-order valence-electron chi connectivity index (χ2n) is 6.26. The van der Waals surface area contributed by atoms with Gasteiger partial charge in [-0.25, -0.2) is 0 Å². The van der Waals surface area contributed by atoms with Crippen LogP contribution in [0.4, 0.5) is 0 Å². The Morgan fingerprint density at radius 3 is 2.32 bits per heavy atom. The van der Waals surface area contributed by atoms with Gasteiger partial charge in [-0.15, -0.1) is 0 Å². The van der Waals surface area contributed by atoms with Crippen molar-refractivity contribution in [2.45, 2.75) is 32.2 Å². The molecular weight excluding hydrogens is 242 g/mol. The van der Waals surface area contributed by atoms with E-state index in [0.717, 1.165) is 32.7 Å². The van der Waals surface area contributed by atoms with Gasteiger partial charge in [0.2, 0.25) is 5.91 Å². The van der Waals surface area contributed by atoms with Crippen molar-refractivity contribution in [3.05, 3.63) is 0 Å². The zero-order valence-electron chi connectivity index (χ0n) is 12.2. The van der Waals surface area contributed by atoms with Crippen molar-refractivity contribution in [2.75, 3.05) is 45.9 Å². The van der Waals surface area contributed by atoms with E-state index in [1.807, 2.05) is 4.90 Å². The summed E-state index contributed by atoms with van der Waals surface area (Å²) in [6.07, 6.45) is 1.30. The monoisotopic (exact) mass is 269 g/mol. The molecule has 19 heavy (non-hydrogen) atoms. The lowest BCUT2D eigenvalue weighted by molar-refractivity contribution is -0.142. The lowest BCUT2D eigenvalue weighted by Gasteiger charge is -2.41. The number of carbonyl (C=O) groups is 1. The van der Waals surface area contributed by atoms with Crippen LogP contribution in [0, 0.1) is 5.92 Å². The van der Waals surface area contributed by atoms with Crippen LogP contribution in [0.2, 0.25) is 0 Å². The number of rotatable bonds is 3. The molecule has 2 rings (SSSR count). The molecule has 0 unspecified atom stereocenters. The molecule has 0 saturated carbocycles. The van der Waals surface area contributed by atoms with Gasteiger partial charge in [0, 0.05) is 45.9 Å². The van der Waals surface area contributed by atoms with Gasteiger partial charge in [0.15, 0.2) is 0 Å². The van der Waals surface area contributed by atoms with Gasteiger partial charge < -0.3 is 15.4 Å². The zero-order chi connectivity index (χ0) is 13.9. The molecule has 0 aliphatic carbocycles. The van der Waals surface area contributed by atoms with Gasteiger partial charge in [0.1, 0.15) is 0 Å². The molecule has 2 saturated heterocycles. The number of hydrogen-bond acceptors (Lipinski definition) is 4.